The molecule has 1 fully saturated rings. The zero-order valence-electron chi connectivity index (χ0n) is 17.6. The maximum Gasteiger partial charge on any atom is 0.237 e. The number of nitrogens with zero attached hydrogens (tertiary/aromatic N) is 9. The van der Waals surface area contributed by atoms with E-state index in [1.165, 1.54) is 25.1 Å². The Balaban J connectivity index is 1.51. The molecule has 32 heavy (non-hydrogen) atoms. The van der Waals surface area contributed by atoms with E-state index in [0.29, 0.717) is 23.4 Å². The molecule has 4 aromatic heterocycles. The average Bonchev–Trinajstić information content (AvgIpc) is 3.59. The number of hydrogen-bond acceptors (Lipinski definition) is 7. The first kappa shape index (κ1) is 19.0. The Bertz CT molecular complexity index is 1270. The molecule has 2 aliphatic rings. The van der Waals surface area contributed by atoms with Gasteiger partial charge in [0.1, 0.15) is 23.7 Å². The Morgan fingerprint density at radius 2 is 1.97 bits per heavy atom. The van der Waals surface area contributed by atoms with Crippen LogP contribution < -0.4 is 4.90 Å². The van der Waals surface area contributed by atoms with Gasteiger partial charge in [-0.05, 0) is 25.3 Å². The summed E-state index contributed by atoms with van der Waals surface area (Å²) in [4.78, 5) is 20.4. The van der Waals surface area contributed by atoms with E-state index in [2.05, 4.69) is 37.0 Å². The molecule has 0 amide bonds. The molecule has 1 aliphatic carbocycles. The zero-order valence-corrected chi connectivity index (χ0v) is 17.6. The average molecular weight is 431 g/mol. The van der Waals surface area contributed by atoms with Crippen LogP contribution in [-0.2, 0) is 0 Å². The monoisotopic (exact) mass is 431 g/mol. The third-order valence-electron chi connectivity index (χ3n) is 6.37. The van der Waals surface area contributed by atoms with E-state index in [4.69, 9.17) is 4.98 Å². The lowest BCUT2D eigenvalue weighted by Crippen LogP contribution is -2.42. The summed E-state index contributed by atoms with van der Waals surface area (Å²) in [5.41, 5.74) is 1.44. The third kappa shape index (κ3) is 2.89. The molecule has 162 valence electrons. The highest BCUT2D eigenvalue weighted by Crippen LogP contribution is 2.42. The number of fused-ring (bicyclic) bond motifs is 3. The molecule has 0 N–H and O–H groups in total. The molecule has 9 nitrogen and oxygen atoms in total. The van der Waals surface area contributed by atoms with Gasteiger partial charge in [-0.2, -0.15) is 4.98 Å². The normalized spacial score (nSPS) is 18.1. The number of pyridine rings is 1. The van der Waals surface area contributed by atoms with Gasteiger partial charge in [-0.3, -0.25) is 14.1 Å². The van der Waals surface area contributed by atoms with Crippen LogP contribution in [0, 0.1) is 5.82 Å². The summed E-state index contributed by atoms with van der Waals surface area (Å²) in [6, 6.07) is 1.91. The highest BCUT2D eigenvalue weighted by molar-refractivity contribution is 5.63. The summed E-state index contributed by atoms with van der Waals surface area (Å²) in [5.74, 6) is 2.41. The van der Waals surface area contributed by atoms with Crippen LogP contribution in [0.4, 0.5) is 10.2 Å². The van der Waals surface area contributed by atoms with Gasteiger partial charge in [-0.15, -0.1) is 10.2 Å². The van der Waals surface area contributed by atoms with Crippen molar-refractivity contribution in [2.24, 2.45) is 0 Å². The van der Waals surface area contributed by atoms with E-state index in [1.54, 1.807) is 29.5 Å². The van der Waals surface area contributed by atoms with Crippen LogP contribution in [0.1, 0.15) is 50.9 Å². The molecule has 5 heterocycles. The van der Waals surface area contributed by atoms with Crippen LogP contribution in [0.5, 0.6) is 0 Å². The van der Waals surface area contributed by atoms with Gasteiger partial charge in [0.2, 0.25) is 5.95 Å². The van der Waals surface area contributed by atoms with Crippen molar-refractivity contribution >= 4 is 5.82 Å². The van der Waals surface area contributed by atoms with E-state index < -0.39 is 5.82 Å². The number of aromatic nitrogens is 8. The highest BCUT2D eigenvalue weighted by atomic mass is 19.1. The van der Waals surface area contributed by atoms with E-state index >= 15 is 0 Å². The molecule has 0 unspecified atom stereocenters. The van der Waals surface area contributed by atoms with Crippen molar-refractivity contribution in [1.82, 2.24) is 39.3 Å². The predicted molar refractivity (Wildman–Crippen MR) is 115 cm³/mol. The number of rotatable bonds is 4. The number of imidazole rings is 1. The molecule has 1 aliphatic heterocycles. The highest BCUT2D eigenvalue weighted by Gasteiger charge is 2.38. The predicted octanol–water partition coefficient (Wildman–Crippen LogP) is 3.66. The van der Waals surface area contributed by atoms with E-state index in [1.807, 2.05) is 10.8 Å². The fourth-order valence-electron chi connectivity index (χ4n) is 4.96. The minimum absolute atomic E-state index is 0.102. The standard InChI is InChI=1S/C22H22FN9/c1-2-17-21-29-27-13-31(21)18-12-26-22(28-20(18)32(17)16-5-3-4-6-16)30-8-7-25-19(30)14-9-15(23)11-24-10-14/h7-13,16-17H,2-6H2,1H3/t17-/m1/s1. The largest absolute Gasteiger partial charge is 0.341 e. The number of anilines is 1. The van der Waals surface area contributed by atoms with E-state index in [0.717, 1.165) is 36.6 Å². The lowest BCUT2D eigenvalue weighted by molar-refractivity contribution is 0.468. The molecule has 10 heteroatoms. The molecule has 1 saturated carbocycles. The first-order valence-electron chi connectivity index (χ1n) is 10.9. The van der Waals surface area contributed by atoms with Crippen LogP contribution in [0.15, 0.2) is 43.4 Å². The van der Waals surface area contributed by atoms with Gasteiger partial charge in [0, 0.05) is 30.2 Å². The summed E-state index contributed by atoms with van der Waals surface area (Å²) in [6.07, 6.45) is 15.3. The van der Waals surface area contributed by atoms with E-state index in [9.17, 15) is 4.39 Å². The van der Waals surface area contributed by atoms with Crippen LogP contribution >= 0.6 is 0 Å². The molecular weight excluding hydrogens is 409 g/mol. The first-order chi connectivity index (χ1) is 15.7. The minimum atomic E-state index is -0.415. The van der Waals surface area contributed by atoms with Crippen LogP contribution in [0.3, 0.4) is 0 Å². The van der Waals surface area contributed by atoms with Crippen molar-refractivity contribution in [3.63, 3.8) is 0 Å². The maximum absolute atomic E-state index is 13.8. The van der Waals surface area contributed by atoms with E-state index in [-0.39, 0.29) is 6.04 Å². The van der Waals surface area contributed by atoms with Crippen molar-refractivity contribution < 1.29 is 4.39 Å². The van der Waals surface area contributed by atoms with Crippen molar-refractivity contribution in [3.05, 3.63) is 55.0 Å². The Hall–Kier alpha value is -3.69. The molecule has 0 saturated heterocycles. The molecule has 1 atom stereocenters. The molecule has 0 aromatic carbocycles. The van der Waals surface area contributed by atoms with Gasteiger partial charge >= 0.3 is 0 Å². The Labute approximate surface area is 184 Å². The molecule has 0 spiro atoms. The van der Waals surface area contributed by atoms with Gasteiger partial charge in [-0.25, -0.2) is 14.4 Å². The fourth-order valence-corrected chi connectivity index (χ4v) is 4.96. The van der Waals surface area contributed by atoms with Gasteiger partial charge in [0.05, 0.1) is 18.4 Å². The fraction of sp³-hybridized carbons (Fsp3) is 0.364. The molecule has 0 bridgehead atoms. The SMILES string of the molecule is CC[C@@H]1c2nncn2-c2cnc(-n3ccnc3-c3cncc(F)c3)nc2N1C1CCCC1. The number of hydrogen-bond donors (Lipinski definition) is 0. The Kier molecular flexibility index (Phi) is 4.44. The second-order valence-electron chi connectivity index (χ2n) is 8.22. The Morgan fingerprint density at radius 3 is 2.78 bits per heavy atom. The van der Waals surface area contributed by atoms with Gasteiger partial charge in [0.15, 0.2) is 11.6 Å². The van der Waals surface area contributed by atoms with Crippen LogP contribution in [0.2, 0.25) is 0 Å². The molecule has 4 aromatic rings. The van der Waals surface area contributed by atoms with Crippen LogP contribution in [0.25, 0.3) is 23.0 Å². The molecular formula is C22H22FN9. The summed E-state index contributed by atoms with van der Waals surface area (Å²) in [6.45, 7) is 2.17. The third-order valence-corrected chi connectivity index (χ3v) is 6.37. The molecule has 6 rings (SSSR count). The lowest BCUT2D eigenvalue weighted by atomic mass is 10.0. The summed E-state index contributed by atoms with van der Waals surface area (Å²) < 4.78 is 17.5. The quantitative estimate of drug-likeness (QED) is 0.487. The lowest BCUT2D eigenvalue weighted by Gasteiger charge is -2.40. The van der Waals surface area contributed by atoms with Crippen molar-refractivity contribution in [1.29, 1.82) is 0 Å². The molecule has 0 radical (unpaired) electrons. The first-order valence-corrected chi connectivity index (χ1v) is 10.9. The van der Waals surface area contributed by atoms with Crippen molar-refractivity contribution in [3.8, 4) is 23.0 Å². The van der Waals surface area contributed by atoms with Gasteiger partial charge in [-0.1, -0.05) is 19.8 Å². The zero-order chi connectivity index (χ0) is 21.7. The number of halogens is 1. The summed E-state index contributed by atoms with van der Waals surface area (Å²) in [7, 11) is 0. The minimum Gasteiger partial charge on any atom is -0.341 e. The van der Waals surface area contributed by atoms with Crippen molar-refractivity contribution in [2.45, 2.75) is 51.1 Å². The second kappa shape index (κ2) is 7.47. The van der Waals surface area contributed by atoms with Gasteiger partial charge < -0.3 is 4.90 Å². The van der Waals surface area contributed by atoms with Crippen LogP contribution in [-0.4, -0.2) is 45.3 Å². The topological polar surface area (TPSA) is 90.4 Å². The van der Waals surface area contributed by atoms with Gasteiger partial charge in [0.25, 0.3) is 0 Å². The second-order valence-corrected chi connectivity index (χ2v) is 8.22. The maximum atomic E-state index is 13.8. The Morgan fingerprint density at radius 1 is 1.09 bits per heavy atom. The summed E-state index contributed by atoms with van der Waals surface area (Å²) >= 11 is 0. The summed E-state index contributed by atoms with van der Waals surface area (Å²) in [5, 5.41) is 8.59. The smallest absolute Gasteiger partial charge is 0.237 e. The van der Waals surface area contributed by atoms with Crippen molar-refractivity contribution in [2.75, 3.05) is 4.90 Å².